The molecule has 4 heteroatoms. The molecule has 0 aliphatic carbocycles. The van der Waals surface area contributed by atoms with Crippen LogP contribution in [0.25, 0.3) is 0 Å². The van der Waals surface area contributed by atoms with Gasteiger partial charge < -0.3 is 0 Å². The fraction of sp³-hybridized carbons (Fsp3) is 0.500. The molecule has 1 aromatic heterocycles. The summed E-state index contributed by atoms with van der Waals surface area (Å²) in [7, 11) is 0. The van der Waals surface area contributed by atoms with Crippen LogP contribution in [0, 0.1) is 0 Å². The highest BCUT2D eigenvalue weighted by atomic mass is 35.5. The molecule has 0 spiro atoms. The number of hydrogen-bond acceptors (Lipinski definition) is 3. The van der Waals surface area contributed by atoms with Crippen LogP contribution in [-0.4, -0.2) is 15.2 Å². The van der Waals surface area contributed by atoms with E-state index in [0.717, 1.165) is 5.69 Å². The van der Waals surface area contributed by atoms with E-state index in [1.165, 1.54) is 0 Å². The van der Waals surface area contributed by atoms with Crippen molar-refractivity contribution in [1.82, 2.24) is 15.2 Å². The zero-order chi connectivity index (χ0) is 7.56. The molecule has 0 aliphatic heterocycles. The van der Waals surface area contributed by atoms with Crippen LogP contribution in [0.1, 0.15) is 25.5 Å². The molecule has 3 nitrogen and oxygen atoms in total. The van der Waals surface area contributed by atoms with Crippen molar-refractivity contribution in [3.05, 3.63) is 17.2 Å². The molecule has 1 aromatic rings. The molecule has 0 radical (unpaired) electrons. The van der Waals surface area contributed by atoms with Crippen molar-refractivity contribution in [2.45, 2.75) is 19.8 Å². The summed E-state index contributed by atoms with van der Waals surface area (Å²) in [6.45, 7) is 4.06. The Hall–Kier alpha value is -0.700. The minimum absolute atomic E-state index is 0.214. The van der Waals surface area contributed by atoms with Gasteiger partial charge in [-0.2, -0.15) is 5.10 Å². The molecule has 0 unspecified atom stereocenters. The average Bonchev–Trinajstić information content (AvgIpc) is 1.88. The maximum Gasteiger partial charge on any atom is 0.243 e. The van der Waals surface area contributed by atoms with Crippen molar-refractivity contribution in [2.24, 2.45) is 0 Å². The summed E-state index contributed by atoms with van der Waals surface area (Å²) in [4.78, 5) is 3.96. The lowest BCUT2D eigenvalue weighted by Gasteiger charge is -2.00. The first-order valence-corrected chi connectivity index (χ1v) is 3.43. The van der Waals surface area contributed by atoms with Gasteiger partial charge in [0.15, 0.2) is 0 Å². The standard InChI is InChI=1S/C6H8ClN3/c1-4(2)5-3-8-10-6(7)9-5/h3-4H,1-2H3. The van der Waals surface area contributed by atoms with Crippen molar-refractivity contribution >= 4 is 11.6 Å². The Kier molecular flexibility index (Phi) is 2.17. The van der Waals surface area contributed by atoms with Crippen LogP contribution in [0.2, 0.25) is 5.28 Å². The molecule has 0 fully saturated rings. The number of nitrogens with zero attached hydrogens (tertiary/aromatic N) is 3. The highest BCUT2D eigenvalue weighted by Crippen LogP contribution is 2.09. The summed E-state index contributed by atoms with van der Waals surface area (Å²) in [5.41, 5.74) is 0.875. The van der Waals surface area contributed by atoms with Gasteiger partial charge in [0.2, 0.25) is 5.28 Å². The summed E-state index contributed by atoms with van der Waals surface area (Å²) < 4.78 is 0. The SMILES string of the molecule is CC(C)c1cnnc(Cl)n1. The first kappa shape index (κ1) is 7.41. The molecule has 0 amide bonds. The normalized spacial score (nSPS) is 10.4. The predicted octanol–water partition coefficient (Wildman–Crippen LogP) is 1.65. The van der Waals surface area contributed by atoms with Crippen LogP contribution < -0.4 is 0 Å². The van der Waals surface area contributed by atoms with Crippen molar-refractivity contribution in [2.75, 3.05) is 0 Å². The monoisotopic (exact) mass is 157 g/mol. The average molecular weight is 158 g/mol. The van der Waals surface area contributed by atoms with E-state index in [1.807, 2.05) is 13.8 Å². The molecule has 0 atom stereocenters. The highest BCUT2D eigenvalue weighted by Gasteiger charge is 2.01. The molecule has 0 bridgehead atoms. The first-order valence-electron chi connectivity index (χ1n) is 3.05. The van der Waals surface area contributed by atoms with Crippen LogP contribution >= 0.6 is 11.6 Å². The van der Waals surface area contributed by atoms with Crippen molar-refractivity contribution < 1.29 is 0 Å². The number of hydrogen-bond donors (Lipinski definition) is 0. The summed E-state index contributed by atoms with van der Waals surface area (Å²) in [5, 5.41) is 7.40. The lowest BCUT2D eigenvalue weighted by molar-refractivity contribution is 0.786. The van der Waals surface area contributed by atoms with Crippen LogP contribution in [0.3, 0.4) is 0 Å². The lowest BCUT2D eigenvalue weighted by Crippen LogP contribution is -1.95. The molecule has 0 saturated heterocycles. The summed E-state index contributed by atoms with van der Waals surface area (Å²) in [6, 6.07) is 0. The van der Waals surface area contributed by atoms with E-state index in [0.29, 0.717) is 5.92 Å². The molecule has 1 heterocycles. The number of rotatable bonds is 1. The third kappa shape index (κ3) is 1.64. The predicted molar refractivity (Wildman–Crippen MR) is 38.9 cm³/mol. The maximum absolute atomic E-state index is 5.50. The van der Waals surface area contributed by atoms with Gasteiger partial charge in [-0.25, -0.2) is 4.98 Å². The van der Waals surface area contributed by atoms with E-state index in [1.54, 1.807) is 6.20 Å². The fourth-order valence-electron chi connectivity index (χ4n) is 0.572. The number of halogens is 1. The topological polar surface area (TPSA) is 38.7 Å². The smallest absolute Gasteiger partial charge is 0.220 e. The fourth-order valence-corrected chi connectivity index (χ4v) is 0.713. The molecule has 1 rings (SSSR count). The third-order valence-corrected chi connectivity index (χ3v) is 1.30. The van der Waals surface area contributed by atoms with Gasteiger partial charge in [0.05, 0.1) is 11.9 Å². The second kappa shape index (κ2) is 2.92. The van der Waals surface area contributed by atoms with Gasteiger partial charge >= 0.3 is 0 Å². The molecule has 0 N–H and O–H groups in total. The van der Waals surface area contributed by atoms with Gasteiger partial charge in [-0.05, 0) is 17.5 Å². The zero-order valence-electron chi connectivity index (χ0n) is 5.87. The Labute approximate surface area is 64.5 Å². The van der Waals surface area contributed by atoms with Crippen molar-refractivity contribution in [1.29, 1.82) is 0 Å². The van der Waals surface area contributed by atoms with E-state index < -0.39 is 0 Å². The summed E-state index contributed by atoms with van der Waals surface area (Å²) >= 11 is 5.50. The molecule has 0 saturated carbocycles. The second-order valence-electron chi connectivity index (χ2n) is 2.30. The second-order valence-corrected chi connectivity index (χ2v) is 2.64. The van der Waals surface area contributed by atoms with Crippen molar-refractivity contribution in [3.63, 3.8) is 0 Å². The molecule has 0 aliphatic rings. The zero-order valence-corrected chi connectivity index (χ0v) is 6.63. The van der Waals surface area contributed by atoms with Gasteiger partial charge in [-0.15, -0.1) is 5.10 Å². The van der Waals surface area contributed by atoms with E-state index in [9.17, 15) is 0 Å². The lowest BCUT2D eigenvalue weighted by atomic mass is 10.1. The largest absolute Gasteiger partial charge is 0.243 e. The maximum atomic E-state index is 5.50. The first-order chi connectivity index (χ1) is 4.70. The van der Waals surface area contributed by atoms with E-state index >= 15 is 0 Å². The molecule has 54 valence electrons. The van der Waals surface area contributed by atoms with Crippen molar-refractivity contribution in [3.8, 4) is 0 Å². The molecule has 10 heavy (non-hydrogen) atoms. The van der Waals surface area contributed by atoms with Gasteiger partial charge in [0.25, 0.3) is 0 Å². The molecule has 0 aromatic carbocycles. The van der Waals surface area contributed by atoms with Crippen LogP contribution in [0.5, 0.6) is 0 Å². The van der Waals surface area contributed by atoms with E-state index in [2.05, 4.69) is 15.2 Å². The van der Waals surface area contributed by atoms with E-state index in [4.69, 9.17) is 11.6 Å². The van der Waals surface area contributed by atoms with Gasteiger partial charge in [-0.1, -0.05) is 13.8 Å². The third-order valence-electron chi connectivity index (χ3n) is 1.14. The van der Waals surface area contributed by atoms with Gasteiger partial charge in [-0.3, -0.25) is 0 Å². The summed E-state index contributed by atoms with van der Waals surface area (Å²) in [5.74, 6) is 0.355. The Bertz CT molecular complexity index is 224. The van der Waals surface area contributed by atoms with Gasteiger partial charge in [0.1, 0.15) is 0 Å². The van der Waals surface area contributed by atoms with Crippen LogP contribution in [0.15, 0.2) is 6.20 Å². The quantitative estimate of drug-likeness (QED) is 0.622. The Morgan fingerprint density at radius 3 is 2.60 bits per heavy atom. The molecular formula is C6H8ClN3. The van der Waals surface area contributed by atoms with Gasteiger partial charge in [0, 0.05) is 0 Å². The Balaban J connectivity index is 2.96. The summed E-state index contributed by atoms with van der Waals surface area (Å²) in [6.07, 6.45) is 1.62. The highest BCUT2D eigenvalue weighted by molar-refractivity contribution is 6.28. The number of aromatic nitrogens is 3. The minimum Gasteiger partial charge on any atom is -0.220 e. The molecular weight excluding hydrogens is 150 g/mol. The van der Waals surface area contributed by atoms with Crippen LogP contribution in [0.4, 0.5) is 0 Å². The minimum atomic E-state index is 0.214. The Morgan fingerprint density at radius 1 is 1.50 bits per heavy atom. The van der Waals surface area contributed by atoms with Crippen LogP contribution in [-0.2, 0) is 0 Å². The Morgan fingerprint density at radius 2 is 2.20 bits per heavy atom. The van der Waals surface area contributed by atoms with E-state index in [-0.39, 0.29) is 5.28 Å².